The molecule has 0 aliphatic heterocycles. The zero-order valence-corrected chi connectivity index (χ0v) is 17.8. The number of hydrogen-bond donors (Lipinski definition) is 1. The van der Waals surface area contributed by atoms with Gasteiger partial charge < -0.3 is 13.6 Å². The van der Waals surface area contributed by atoms with E-state index in [2.05, 4.69) is 19.9 Å². The monoisotopic (exact) mass is 446 g/mol. The Labute approximate surface area is 176 Å². The fourth-order valence-corrected chi connectivity index (χ4v) is 4.43. The van der Waals surface area contributed by atoms with E-state index in [4.69, 9.17) is 13.6 Å². The molecular weight excluding hydrogens is 428 g/mol. The maximum atomic E-state index is 12.8. The van der Waals surface area contributed by atoms with Crippen molar-refractivity contribution in [1.29, 1.82) is 0 Å². The smallest absolute Gasteiger partial charge is 0.262 e. The molecule has 1 N–H and O–H groups in total. The highest BCUT2D eigenvalue weighted by molar-refractivity contribution is 7.98. The van der Waals surface area contributed by atoms with Crippen molar-refractivity contribution in [3.63, 3.8) is 0 Å². The van der Waals surface area contributed by atoms with E-state index < -0.39 is 10.0 Å². The summed E-state index contributed by atoms with van der Waals surface area (Å²) in [5.74, 6) is 1.87. The minimum atomic E-state index is -3.84. The Balaban J connectivity index is 1.54. The molecule has 0 saturated carbocycles. The largest absolute Gasteiger partial charge is 0.495 e. The highest BCUT2D eigenvalue weighted by atomic mass is 32.2. The molecule has 0 fully saturated rings. The lowest BCUT2D eigenvalue weighted by Crippen LogP contribution is -2.13. The molecule has 0 bridgehead atoms. The Kier molecular flexibility index (Phi) is 5.64. The van der Waals surface area contributed by atoms with Crippen molar-refractivity contribution < 1.29 is 22.0 Å². The third-order valence-electron chi connectivity index (χ3n) is 4.13. The van der Waals surface area contributed by atoms with Gasteiger partial charge in [-0.15, -0.1) is 10.2 Å². The molecule has 0 unspecified atom stereocenters. The minimum Gasteiger partial charge on any atom is -0.495 e. The number of nitrogens with zero attached hydrogens (tertiary/aromatic N) is 3. The van der Waals surface area contributed by atoms with Crippen LogP contribution in [-0.4, -0.2) is 30.7 Å². The van der Waals surface area contributed by atoms with E-state index in [9.17, 15) is 8.42 Å². The van der Waals surface area contributed by atoms with Crippen LogP contribution in [0.4, 0.5) is 5.69 Å². The summed E-state index contributed by atoms with van der Waals surface area (Å²) in [5.41, 5.74) is 1.26. The number of thioether (sulfide) groups is 1. The number of sulfonamides is 1. The van der Waals surface area contributed by atoms with Crippen LogP contribution in [0.2, 0.25) is 0 Å². The molecule has 30 heavy (non-hydrogen) atoms. The Hall–Kier alpha value is -3.05. The number of oxazole rings is 1. The molecule has 0 radical (unpaired) electrons. The molecule has 2 aromatic heterocycles. The van der Waals surface area contributed by atoms with Gasteiger partial charge in [0.1, 0.15) is 11.3 Å². The Morgan fingerprint density at radius 2 is 1.90 bits per heavy atom. The summed E-state index contributed by atoms with van der Waals surface area (Å²) in [4.78, 5) is 4.42. The fourth-order valence-electron chi connectivity index (χ4n) is 2.66. The van der Waals surface area contributed by atoms with Gasteiger partial charge in [0.2, 0.25) is 11.8 Å². The molecular formula is C19H18N4O5S2. The third-order valence-corrected chi connectivity index (χ3v) is 6.31. The predicted molar refractivity (Wildman–Crippen MR) is 111 cm³/mol. The molecule has 4 rings (SSSR count). The minimum absolute atomic E-state index is 0.0650. The van der Waals surface area contributed by atoms with E-state index in [1.165, 1.54) is 31.0 Å². The Morgan fingerprint density at radius 1 is 1.10 bits per heavy atom. The van der Waals surface area contributed by atoms with Crippen molar-refractivity contribution in [3.05, 3.63) is 54.2 Å². The predicted octanol–water partition coefficient (Wildman–Crippen LogP) is 3.87. The highest BCUT2D eigenvalue weighted by Crippen LogP contribution is 2.29. The first-order valence-electron chi connectivity index (χ1n) is 8.99. The van der Waals surface area contributed by atoms with Crippen LogP contribution in [0.1, 0.15) is 18.7 Å². The van der Waals surface area contributed by atoms with Crippen LogP contribution >= 0.6 is 11.8 Å². The van der Waals surface area contributed by atoms with Gasteiger partial charge in [0.05, 0.1) is 23.4 Å². The average Bonchev–Trinajstić information content (AvgIpc) is 3.38. The van der Waals surface area contributed by atoms with Crippen LogP contribution in [0.15, 0.2) is 61.4 Å². The summed E-state index contributed by atoms with van der Waals surface area (Å²) in [7, 11) is -2.36. The molecule has 9 nitrogen and oxygen atoms in total. The summed E-state index contributed by atoms with van der Waals surface area (Å²) >= 11 is 1.29. The summed E-state index contributed by atoms with van der Waals surface area (Å²) in [6.07, 6.45) is 0.667. The van der Waals surface area contributed by atoms with E-state index in [0.29, 0.717) is 51.7 Å². The van der Waals surface area contributed by atoms with Gasteiger partial charge in [0.15, 0.2) is 5.58 Å². The van der Waals surface area contributed by atoms with Crippen molar-refractivity contribution in [2.24, 2.45) is 0 Å². The van der Waals surface area contributed by atoms with E-state index in [1.54, 1.807) is 30.3 Å². The normalized spacial score (nSPS) is 11.7. The zero-order valence-electron chi connectivity index (χ0n) is 16.2. The molecule has 0 atom stereocenters. The molecule has 0 aliphatic rings. The number of rotatable bonds is 8. The van der Waals surface area contributed by atoms with Gasteiger partial charge in [0, 0.05) is 6.42 Å². The van der Waals surface area contributed by atoms with Gasteiger partial charge in [-0.1, -0.05) is 30.8 Å². The van der Waals surface area contributed by atoms with Gasteiger partial charge in [-0.3, -0.25) is 4.72 Å². The van der Waals surface area contributed by atoms with Crippen molar-refractivity contribution >= 4 is 38.6 Å². The van der Waals surface area contributed by atoms with Gasteiger partial charge in [0.25, 0.3) is 15.2 Å². The number of hydrogen-bond acceptors (Lipinski definition) is 9. The molecule has 4 aromatic rings. The number of ether oxygens (including phenoxy) is 1. The quantitative estimate of drug-likeness (QED) is 0.402. The fraction of sp³-hybridized carbons (Fsp3) is 0.211. The summed E-state index contributed by atoms with van der Waals surface area (Å²) in [5, 5.41) is 8.25. The second-order valence-electron chi connectivity index (χ2n) is 6.15. The second kappa shape index (κ2) is 8.36. The van der Waals surface area contributed by atoms with Crippen LogP contribution in [-0.2, 0) is 22.2 Å². The maximum Gasteiger partial charge on any atom is 0.262 e. The van der Waals surface area contributed by atoms with Crippen molar-refractivity contribution in [1.82, 2.24) is 15.2 Å². The van der Waals surface area contributed by atoms with Crippen LogP contribution in [0.25, 0.3) is 11.1 Å². The standard InChI is InChI=1S/C19H18N4O5S2/c1-3-17-21-22-18(28-17)11-29-19-20-14-10-12(8-9-16(14)27-19)30(24,25)23-13-6-4-5-7-15(13)26-2/h4-10,23H,3,11H2,1-2H3. The lowest BCUT2D eigenvalue weighted by molar-refractivity contribution is 0.417. The molecule has 2 aromatic carbocycles. The van der Waals surface area contributed by atoms with Crippen LogP contribution < -0.4 is 9.46 Å². The molecule has 11 heteroatoms. The van der Waals surface area contributed by atoms with Crippen LogP contribution in [0, 0.1) is 0 Å². The number of fused-ring (bicyclic) bond motifs is 1. The molecule has 0 amide bonds. The third kappa shape index (κ3) is 4.26. The van der Waals surface area contributed by atoms with Crippen molar-refractivity contribution in [2.45, 2.75) is 29.2 Å². The number of nitrogens with one attached hydrogen (secondary N) is 1. The Morgan fingerprint density at radius 3 is 2.67 bits per heavy atom. The average molecular weight is 447 g/mol. The van der Waals surface area contributed by atoms with Gasteiger partial charge in [-0.25, -0.2) is 13.4 Å². The van der Waals surface area contributed by atoms with E-state index in [-0.39, 0.29) is 4.90 Å². The summed E-state index contributed by atoms with van der Waals surface area (Å²) in [6.45, 7) is 1.93. The molecule has 156 valence electrons. The number of benzene rings is 2. The SMILES string of the molecule is CCc1nnc(CSc2nc3cc(S(=O)(=O)Nc4ccccc4OC)ccc3o2)o1. The van der Waals surface area contributed by atoms with Crippen molar-refractivity contribution in [2.75, 3.05) is 11.8 Å². The first-order valence-corrected chi connectivity index (χ1v) is 11.5. The number of anilines is 1. The van der Waals surface area contributed by atoms with E-state index >= 15 is 0 Å². The van der Waals surface area contributed by atoms with Crippen LogP contribution in [0.3, 0.4) is 0 Å². The van der Waals surface area contributed by atoms with E-state index in [1.807, 2.05) is 6.92 Å². The number of methoxy groups -OCH3 is 1. The molecule has 0 aliphatic carbocycles. The molecule has 2 heterocycles. The zero-order chi connectivity index (χ0) is 21.1. The highest BCUT2D eigenvalue weighted by Gasteiger charge is 2.19. The van der Waals surface area contributed by atoms with E-state index in [0.717, 1.165) is 0 Å². The lowest BCUT2D eigenvalue weighted by Gasteiger charge is -2.11. The Bertz CT molecular complexity index is 1280. The number of aryl methyl sites for hydroxylation is 1. The maximum absolute atomic E-state index is 12.8. The molecule has 0 spiro atoms. The summed E-state index contributed by atoms with van der Waals surface area (Å²) in [6, 6.07) is 11.3. The lowest BCUT2D eigenvalue weighted by atomic mass is 10.3. The van der Waals surface area contributed by atoms with Gasteiger partial charge in [-0.05, 0) is 30.3 Å². The van der Waals surface area contributed by atoms with Gasteiger partial charge >= 0.3 is 0 Å². The van der Waals surface area contributed by atoms with Crippen molar-refractivity contribution in [3.8, 4) is 5.75 Å². The first kappa shape index (κ1) is 20.2. The first-order chi connectivity index (χ1) is 14.5. The number of para-hydroxylation sites is 2. The molecule has 0 saturated heterocycles. The van der Waals surface area contributed by atoms with Crippen LogP contribution in [0.5, 0.6) is 5.75 Å². The topological polar surface area (TPSA) is 120 Å². The number of aromatic nitrogens is 3. The summed E-state index contributed by atoms with van der Waals surface area (Å²) < 4.78 is 44.5. The van der Waals surface area contributed by atoms with Gasteiger partial charge in [-0.2, -0.15) is 0 Å². The second-order valence-corrected chi connectivity index (χ2v) is 8.76.